The van der Waals surface area contributed by atoms with Crippen molar-refractivity contribution >= 4 is 10.1 Å². The lowest BCUT2D eigenvalue weighted by molar-refractivity contribution is 0.464. The van der Waals surface area contributed by atoms with Crippen LogP contribution < -0.4 is 4.18 Å². The van der Waals surface area contributed by atoms with Crippen LogP contribution in [0.15, 0.2) is 28.3 Å². The van der Waals surface area contributed by atoms with Gasteiger partial charge in [-0.2, -0.15) is 8.42 Å². The van der Waals surface area contributed by atoms with Crippen LogP contribution in [-0.4, -0.2) is 24.5 Å². The second kappa shape index (κ2) is 8.36. The van der Waals surface area contributed by atoms with Gasteiger partial charge in [-0.1, -0.05) is 19.0 Å². The fourth-order valence-electron chi connectivity index (χ4n) is 2.60. The Kier molecular flexibility index (Phi) is 6.40. The van der Waals surface area contributed by atoms with Crippen LogP contribution in [0.5, 0.6) is 5.75 Å². The van der Waals surface area contributed by atoms with Crippen molar-refractivity contribution in [3.05, 3.63) is 51.8 Å². The molecule has 0 aliphatic rings. The molecule has 0 saturated heterocycles. The lowest BCUT2D eigenvalue weighted by atomic mass is 10.1. The fourth-order valence-corrected chi connectivity index (χ4v) is 4.07. The number of imidazole rings is 1. The number of hydrogen-bond acceptors (Lipinski definition) is 5. The van der Waals surface area contributed by atoms with Crippen molar-refractivity contribution in [2.75, 3.05) is 6.54 Å². The molecule has 2 rings (SSSR count). The number of azide groups is 1. The summed E-state index contributed by atoms with van der Waals surface area (Å²) in [6.45, 7) is 5.63. The number of aromatic nitrogens is 2. The van der Waals surface area contributed by atoms with Gasteiger partial charge in [0.25, 0.3) is 0 Å². The molecule has 0 spiro atoms. The molecule has 0 amide bonds. The Balaban J connectivity index is 2.54. The zero-order valence-electron chi connectivity index (χ0n) is 15.1. The van der Waals surface area contributed by atoms with Gasteiger partial charge in [0, 0.05) is 42.6 Å². The normalized spacial score (nSPS) is 11.5. The smallest absolute Gasteiger partial charge is 0.357 e. The molecule has 1 aromatic heterocycles. The summed E-state index contributed by atoms with van der Waals surface area (Å²) in [4.78, 5) is 7.03. The second-order valence-electron chi connectivity index (χ2n) is 5.96. The van der Waals surface area contributed by atoms with E-state index in [0.717, 1.165) is 12.1 Å². The van der Waals surface area contributed by atoms with Crippen molar-refractivity contribution in [1.29, 1.82) is 0 Å². The van der Waals surface area contributed by atoms with E-state index in [9.17, 15) is 17.2 Å². The summed E-state index contributed by atoms with van der Waals surface area (Å²) in [5.41, 5.74) is 8.68. The van der Waals surface area contributed by atoms with E-state index in [0.29, 0.717) is 11.9 Å². The maximum atomic E-state index is 13.4. The first kappa shape index (κ1) is 20.7. The van der Waals surface area contributed by atoms with Crippen LogP contribution in [0.4, 0.5) is 8.78 Å². The van der Waals surface area contributed by atoms with Crippen molar-refractivity contribution in [2.45, 2.75) is 44.7 Å². The van der Waals surface area contributed by atoms with Gasteiger partial charge in [0.2, 0.25) is 0 Å². The molecular formula is C16H19F2N5O3S. The third-order valence-electron chi connectivity index (χ3n) is 3.67. The molecule has 2 aromatic rings. The number of halogens is 2. The molecule has 1 aromatic carbocycles. The minimum absolute atomic E-state index is 0.112. The van der Waals surface area contributed by atoms with Crippen molar-refractivity contribution in [3.8, 4) is 5.75 Å². The number of benzene rings is 1. The molecule has 0 atom stereocenters. The molecule has 0 aliphatic carbocycles. The summed E-state index contributed by atoms with van der Waals surface area (Å²) < 4.78 is 58.9. The van der Waals surface area contributed by atoms with Gasteiger partial charge in [-0.05, 0) is 18.4 Å². The summed E-state index contributed by atoms with van der Waals surface area (Å²) in [5.74, 6) is -2.22. The van der Waals surface area contributed by atoms with Crippen LogP contribution >= 0.6 is 0 Å². The van der Waals surface area contributed by atoms with Gasteiger partial charge in [0.05, 0.1) is 5.69 Å². The highest BCUT2D eigenvalue weighted by atomic mass is 32.2. The number of nitrogens with zero attached hydrogens (tertiary/aromatic N) is 5. The van der Waals surface area contributed by atoms with Crippen LogP contribution in [0, 0.1) is 11.6 Å². The van der Waals surface area contributed by atoms with Crippen molar-refractivity contribution in [3.63, 3.8) is 0 Å². The Hall–Kier alpha value is -2.65. The predicted octanol–water partition coefficient (Wildman–Crippen LogP) is 3.93. The first-order chi connectivity index (χ1) is 12.7. The van der Waals surface area contributed by atoms with Crippen LogP contribution in [-0.2, 0) is 23.1 Å². The van der Waals surface area contributed by atoms with Gasteiger partial charge in [-0.3, -0.25) is 0 Å². The average molecular weight is 399 g/mol. The predicted molar refractivity (Wildman–Crippen MR) is 93.9 cm³/mol. The summed E-state index contributed by atoms with van der Waals surface area (Å²) in [5, 5.41) is 3.26. The van der Waals surface area contributed by atoms with Crippen LogP contribution in [0.1, 0.15) is 38.2 Å². The zero-order chi connectivity index (χ0) is 20.2. The van der Waals surface area contributed by atoms with Crippen molar-refractivity contribution < 1.29 is 21.4 Å². The van der Waals surface area contributed by atoms with Crippen LogP contribution in [0.25, 0.3) is 10.4 Å². The SMILES string of the molecule is CCn1c(CCN=[N+]=[N-])nc(C(C)C)c1S(=O)(=O)Oc1cc(F)cc(F)c1. The standard InChI is InChI=1S/C16H19F2N5O3S/c1-4-23-14(5-6-20-22-19)21-15(10(2)3)16(23)27(24,25)26-13-8-11(17)7-12(18)9-13/h7-10H,4-6H2,1-3H3. The van der Waals surface area contributed by atoms with Gasteiger partial charge in [-0.15, -0.1) is 0 Å². The van der Waals surface area contributed by atoms with Crippen molar-refractivity contribution in [1.82, 2.24) is 9.55 Å². The summed E-state index contributed by atoms with van der Waals surface area (Å²) in [6.07, 6.45) is 0.238. The second-order valence-corrected chi connectivity index (χ2v) is 7.43. The topological polar surface area (TPSA) is 110 Å². The molecule has 0 radical (unpaired) electrons. The maximum Gasteiger partial charge on any atom is 0.357 e. The maximum absolute atomic E-state index is 13.4. The molecule has 8 nitrogen and oxygen atoms in total. The fraction of sp³-hybridized carbons (Fsp3) is 0.438. The molecule has 0 aliphatic heterocycles. The highest BCUT2D eigenvalue weighted by molar-refractivity contribution is 7.87. The average Bonchev–Trinajstić information content (AvgIpc) is 2.93. The molecule has 0 N–H and O–H groups in total. The van der Waals surface area contributed by atoms with Crippen LogP contribution in [0.2, 0.25) is 0 Å². The first-order valence-electron chi connectivity index (χ1n) is 8.20. The number of hydrogen-bond donors (Lipinski definition) is 0. The van der Waals surface area contributed by atoms with E-state index in [4.69, 9.17) is 9.71 Å². The quantitative estimate of drug-likeness (QED) is 0.290. The highest BCUT2D eigenvalue weighted by Crippen LogP contribution is 2.28. The van der Waals surface area contributed by atoms with E-state index in [-0.39, 0.29) is 36.1 Å². The van der Waals surface area contributed by atoms with Crippen molar-refractivity contribution in [2.24, 2.45) is 5.11 Å². The van der Waals surface area contributed by atoms with Gasteiger partial charge in [0.1, 0.15) is 23.2 Å². The third-order valence-corrected chi connectivity index (χ3v) is 4.98. The molecule has 27 heavy (non-hydrogen) atoms. The molecular weight excluding hydrogens is 380 g/mol. The van der Waals surface area contributed by atoms with E-state index in [1.165, 1.54) is 4.57 Å². The summed E-state index contributed by atoms with van der Waals surface area (Å²) in [7, 11) is -4.41. The Bertz CT molecular complexity index is 962. The Labute approximate surface area is 155 Å². The lowest BCUT2D eigenvalue weighted by Crippen LogP contribution is -2.18. The summed E-state index contributed by atoms with van der Waals surface area (Å²) >= 11 is 0. The largest absolute Gasteiger partial charge is 0.378 e. The molecule has 146 valence electrons. The van der Waals surface area contributed by atoms with Crippen LogP contribution in [0.3, 0.4) is 0 Å². The van der Waals surface area contributed by atoms with Gasteiger partial charge in [-0.25, -0.2) is 13.8 Å². The van der Waals surface area contributed by atoms with E-state index in [2.05, 4.69) is 15.0 Å². The van der Waals surface area contributed by atoms with Gasteiger partial charge >= 0.3 is 10.1 Å². The highest BCUT2D eigenvalue weighted by Gasteiger charge is 2.30. The molecule has 0 unspecified atom stereocenters. The Morgan fingerprint density at radius 1 is 1.30 bits per heavy atom. The minimum atomic E-state index is -4.41. The van der Waals surface area contributed by atoms with E-state index in [1.807, 2.05) is 0 Å². The zero-order valence-corrected chi connectivity index (χ0v) is 15.9. The molecule has 0 fully saturated rings. The Morgan fingerprint density at radius 2 is 1.93 bits per heavy atom. The molecule has 1 heterocycles. The lowest BCUT2D eigenvalue weighted by Gasteiger charge is -2.13. The molecule has 0 saturated carbocycles. The van der Waals surface area contributed by atoms with E-state index >= 15 is 0 Å². The monoisotopic (exact) mass is 399 g/mol. The van der Waals surface area contributed by atoms with Gasteiger partial charge in [0.15, 0.2) is 5.03 Å². The summed E-state index contributed by atoms with van der Waals surface area (Å²) in [6, 6.07) is 2.18. The number of rotatable bonds is 8. The van der Waals surface area contributed by atoms with E-state index in [1.54, 1.807) is 20.8 Å². The molecule has 0 bridgehead atoms. The minimum Gasteiger partial charge on any atom is -0.378 e. The molecule has 11 heteroatoms. The third kappa shape index (κ3) is 4.75. The first-order valence-corrected chi connectivity index (χ1v) is 9.61. The van der Waals surface area contributed by atoms with E-state index < -0.39 is 27.5 Å². The van der Waals surface area contributed by atoms with Gasteiger partial charge < -0.3 is 8.75 Å². The Morgan fingerprint density at radius 3 is 2.44 bits per heavy atom.